The monoisotopic (exact) mass is 312 g/mol. The summed E-state index contributed by atoms with van der Waals surface area (Å²) in [5.74, 6) is 0.728. The Hall–Kier alpha value is -1.70. The van der Waals surface area contributed by atoms with E-state index < -0.39 is 0 Å². The molecule has 2 heteroatoms. The summed E-state index contributed by atoms with van der Waals surface area (Å²) in [6.45, 7) is 6.16. The SMILES string of the molecule is CCC(CC)C(=O)C(C)c1ccc(/C=C2\CCCCC2=O)cc1. The maximum Gasteiger partial charge on any atom is 0.158 e. The molecule has 1 aliphatic carbocycles. The molecular weight excluding hydrogens is 284 g/mol. The first-order chi connectivity index (χ1) is 11.1. The van der Waals surface area contributed by atoms with E-state index in [1.54, 1.807) is 0 Å². The van der Waals surface area contributed by atoms with E-state index in [4.69, 9.17) is 0 Å². The second kappa shape index (κ2) is 8.24. The Morgan fingerprint density at radius 3 is 2.26 bits per heavy atom. The number of rotatable bonds is 6. The minimum absolute atomic E-state index is 0.0575. The summed E-state index contributed by atoms with van der Waals surface area (Å²) in [6, 6.07) is 8.12. The first-order valence-corrected chi connectivity index (χ1v) is 8.94. The highest BCUT2D eigenvalue weighted by Crippen LogP contribution is 2.26. The smallest absolute Gasteiger partial charge is 0.158 e. The number of allylic oxidation sites excluding steroid dienone is 1. The van der Waals surface area contributed by atoms with E-state index in [-0.39, 0.29) is 17.6 Å². The largest absolute Gasteiger partial charge is 0.299 e. The quantitative estimate of drug-likeness (QED) is 0.666. The number of hydrogen-bond donors (Lipinski definition) is 0. The number of benzene rings is 1. The molecule has 0 spiro atoms. The number of carbonyl (C=O) groups excluding carboxylic acids is 2. The van der Waals surface area contributed by atoms with Crippen molar-refractivity contribution < 1.29 is 9.59 Å². The van der Waals surface area contributed by atoms with E-state index in [2.05, 4.69) is 13.8 Å². The molecule has 0 N–H and O–H groups in total. The van der Waals surface area contributed by atoms with Gasteiger partial charge in [0.15, 0.2) is 5.78 Å². The molecule has 1 atom stereocenters. The fraction of sp³-hybridized carbons (Fsp3) is 0.524. The molecule has 0 aliphatic heterocycles. The van der Waals surface area contributed by atoms with Gasteiger partial charge in [0, 0.05) is 18.3 Å². The Kier molecular flexibility index (Phi) is 6.32. The first-order valence-electron chi connectivity index (χ1n) is 8.94. The lowest BCUT2D eigenvalue weighted by molar-refractivity contribution is -0.124. The Balaban J connectivity index is 2.11. The molecule has 1 aromatic carbocycles. The molecule has 2 nitrogen and oxygen atoms in total. The van der Waals surface area contributed by atoms with Crippen LogP contribution in [0.2, 0.25) is 0 Å². The lowest BCUT2D eigenvalue weighted by Crippen LogP contribution is -2.19. The van der Waals surface area contributed by atoms with Gasteiger partial charge in [-0.3, -0.25) is 9.59 Å². The highest BCUT2D eigenvalue weighted by atomic mass is 16.1. The van der Waals surface area contributed by atoms with Crippen LogP contribution in [0.3, 0.4) is 0 Å². The fourth-order valence-electron chi connectivity index (χ4n) is 3.34. The van der Waals surface area contributed by atoms with Crippen LogP contribution in [0, 0.1) is 5.92 Å². The van der Waals surface area contributed by atoms with Crippen LogP contribution in [0.1, 0.15) is 76.3 Å². The maximum absolute atomic E-state index is 12.5. The standard InChI is InChI=1S/C21H28O2/c1-4-17(5-2)21(23)15(3)18-12-10-16(11-13-18)14-19-8-6-7-9-20(19)22/h10-15,17H,4-9H2,1-3H3/b19-14+. The lowest BCUT2D eigenvalue weighted by Gasteiger charge is -2.18. The van der Waals surface area contributed by atoms with Gasteiger partial charge in [0.05, 0.1) is 0 Å². The molecule has 1 aliphatic rings. The molecule has 1 unspecified atom stereocenters. The number of hydrogen-bond acceptors (Lipinski definition) is 2. The molecule has 0 bridgehead atoms. The average molecular weight is 312 g/mol. The molecule has 1 aromatic rings. The van der Waals surface area contributed by atoms with Crippen molar-refractivity contribution in [3.05, 3.63) is 41.0 Å². The van der Waals surface area contributed by atoms with Crippen molar-refractivity contribution >= 4 is 17.6 Å². The molecule has 0 radical (unpaired) electrons. The molecule has 124 valence electrons. The second-order valence-electron chi connectivity index (χ2n) is 6.60. The Bertz CT molecular complexity index is 576. The third kappa shape index (κ3) is 4.40. The minimum atomic E-state index is -0.0575. The molecule has 0 heterocycles. The molecule has 1 fully saturated rings. The highest BCUT2D eigenvalue weighted by molar-refractivity contribution is 6.00. The topological polar surface area (TPSA) is 34.1 Å². The molecule has 0 aromatic heterocycles. The van der Waals surface area contributed by atoms with Crippen molar-refractivity contribution in [2.24, 2.45) is 5.92 Å². The van der Waals surface area contributed by atoms with E-state index in [1.807, 2.05) is 37.3 Å². The van der Waals surface area contributed by atoms with Crippen LogP contribution in [0.4, 0.5) is 0 Å². The van der Waals surface area contributed by atoms with Crippen LogP contribution in [-0.4, -0.2) is 11.6 Å². The third-order valence-corrected chi connectivity index (χ3v) is 5.05. The van der Waals surface area contributed by atoms with E-state index in [1.165, 1.54) is 0 Å². The van der Waals surface area contributed by atoms with E-state index in [9.17, 15) is 9.59 Å². The summed E-state index contributed by atoms with van der Waals surface area (Å²) in [4.78, 5) is 24.4. The lowest BCUT2D eigenvalue weighted by atomic mass is 9.85. The van der Waals surface area contributed by atoms with Crippen molar-refractivity contribution in [3.8, 4) is 0 Å². The van der Waals surface area contributed by atoms with Gasteiger partial charge in [-0.05, 0) is 54.9 Å². The van der Waals surface area contributed by atoms with Crippen molar-refractivity contribution in [2.45, 2.75) is 65.2 Å². The Morgan fingerprint density at radius 1 is 1.09 bits per heavy atom. The normalized spacial score (nSPS) is 18.4. The van der Waals surface area contributed by atoms with Gasteiger partial charge in [0.2, 0.25) is 0 Å². The molecular formula is C21H28O2. The van der Waals surface area contributed by atoms with Gasteiger partial charge in [0.1, 0.15) is 5.78 Å². The highest BCUT2D eigenvalue weighted by Gasteiger charge is 2.22. The minimum Gasteiger partial charge on any atom is -0.299 e. The molecule has 2 rings (SSSR count). The molecule has 0 saturated heterocycles. The summed E-state index contributed by atoms with van der Waals surface area (Å²) in [5.41, 5.74) is 3.07. The van der Waals surface area contributed by atoms with Crippen molar-refractivity contribution in [3.63, 3.8) is 0 Å². The summed E-state index contributed by atoms with van der Waals surface area (Å²) in [5, 5.41) is 0. The van der Waals surface area contributed by atoms with Crippen LogP contribution >= 0.6 is 0 Å². The van der Waals surface area contributed by atoms with E-state index >= 15 is 0 Å². The van der Waals surface area contributed by atoms with E-state index in [0.717, 1.165) is 48.8 Å². The van der Waals surface area contributed by atoms with Crippen LogP contribution in [0.15, 0.2) is 29.8 Å². The number of ketones is 2. The van der Waals surface area contributed by atoms with Crippen molar-refractivity contribution in [2.75, 3.05) is 0 Å². The fourth-order valence-corrected chi connectivity index (χ4v) is 3.34. The summed E-state index contributed by atoms with van der Waals surface area (Å²) in [7, 11) is 0. The predicted octanol–water partition coefficient (Wildman–Crippen LogP) is 5.32. The second-order valence-corrected chi connectivity index (χ2v) is 6.60. The predicted molar refractivity (Wildman–Crippen MR) is 95.4 cm³/mol. The Labute approximate surface area is 140 Å². The van der Waals surface area contributed by atoms with Gasteiger partial charge in [-0.25, -0.2) is 0 Å². The van der Waals surface area contributed by atoms with Gasteiger partial charge < -0.3 is 0 Å². The van der Waals surface area contributed by atoms with Gasteiger partial charge in [-0.2, -0.15) is 0 Å². The molecule has 0 amide bonds. The van der Waals surface area contributed by atoms with E-state index in [0.29, 0.717) is 12.2 Å². The van der Waals surface area contributed by atoms with Crippen molar-refractivity contribution in [1.29, 1.82) is 0 Å². The van der Waals surface area contributed by atoms with Gasteiger partial charge in [-0.15, -0.1) is 0 Å². The summed E-state index contributed by atoms with van der Waals surface area (Å²) in [6.07, 6.45) is 7.53. The third-order valence-electron chi connectivity index (χ3n) is 5.05. The zero-order chi connectivity index (χ0) is 16.8. The average Bonchev–Trinajstić information content (AvgIpc) is 2.58. The summed E-state index contributed by atoms with van der Waals surface area (Å²) >= 11 is 0. The van der Waals surface area contributed by atoms with Crippen LogP contribution < -0.4 is 0 Å². The zero-order valence-corrected chi connectivity index (χ0v) is 14.6. The molecule has 23 heavy (non-hydrogen) atoms. The summed E-state index contributed by atoms with van der Waals surface area (Å²) < 4.78 is 0. The Morgan fingerprint density at radius 2 is 1.70 bits per heavy atom. The number of carbonyl (C=O) groups is 2. The van der Waals surface area contributed by atoms with Gasteiger partial charge in [0.25, 0.3) is 0 Å². The first kappa shape index (κ1) is 17.7. The van der Waals surface area contributed by atoms with Gasteiger partial charge in [-0.1, -0.05) is 45.0 Å². The maximum atomic E-state index is 12.5. The molecule has 1 saturated carbocycles. The van der Waals surface area contributed by atoms with Crippen LogP contribution in [0.5, 0.6) is 0 Å². The van der Waals surface area contributed by atoms with Crippen LogP contribution in [-0.2, 0) is 9.59 Å². The number of Topliss-reactive ketones (excluding diaryl/α,β-unsaturated/α-hetero) is 2. The zero-order valence-electron chi connectivity index (χ0n) is 14.6. The van der Waals surface area contributed by atoms with Gasteiger partial charge >= 0.3 is 0 Å². The van der Waals surface area contributed by atoms with Crippen molar-refractivity contribution in [1.82, 2.24) is 0 Å². The van der Waals surface area contributed by atoms with Crippen LogP contribution in [0.25, 0.3) is 6.08 Å².